The van der Waals surface area contributed by atoms with Crippen molar-refractivity contribution in [2.24, 2.45) is 5.92 Å². The molecule has 2 aromatic carbocycles. The first kappa shape index (κ1) is 22.7. The van der Waals surface area contributed by atoms with E-state index in [0.29, 0.717) is 23.4 Å². The summed E-state index contributed by atoms with van der Waals surface area (Å²) >= 11 is 6.39. The van der Waals surface area contributed by atoms with Gasteiger partial charge in [-0.05, 0) is 24.1 Å². The van der Waals surface area contributed by atoms with Crippen molar-refractivity contribution in [1.29, 1.82) is 0 Å². The lowest BCUT2D eigenvalue weighted by Crippen LogP contribution is -2.55. The largest absolute Gasteiger partial charge is 0.496 e. The van der Waals surface area contributed by atoms with E-state index >= 15 is 0 Å². The number of allylic oxidation sites excluding steroid dienone is 1. The first-order chi connectivity index (χ1) is 15.7. The monoisotopic (exact) mass is 471 g/mol. The molecule has 4 rings (SSSR count). The Hall–Kier alpha value is -3.52. The van der Waals surface area contributed by atoms with Crippen LogP contribution in [-0.2, 0) is 16.0 Å². The van der Waals surface area contributed by atoms with Gasteiger partial charge in [0, 0.05) is 29.4 Å². The number of fused-ring (bicyclic) bond motifs is 1. The average Bonchev–Trinajstić information content (AvgIpc) is 3.09. The Kier molecular flexibility index (Phi) is 5.80. The van der Waals surface area contributed by atoms with Crippen molar-refractivity contribution in [3.63, 3.8) is 0 Å². The van der Waals surface area contributed by atoms with Crippen LogP contribution in [0.2, 0.25) is 5.02 Å². The quantitative estimate of drug-likeness (QED) is 0.610. The SMILES string of the molecule is COc1cc(OC)c2c(c1Cl)O[C@@]1(C(=O)C=C(Nc3ccc(CC(=O)O)cc3)C[C@H]1C)C2=O. The van der Waals surface area contributed by atoms with Crippen molar-refractivity contribution in [3.8, 4) is 17.2 Å². The molecule has 2 atom stereocenters. The van der Waals surface area contributed by atoms with Gasteiger partial charge in [-0.3, -0.25) is 14.4 Å². The number of anilines is 1. The van der Waals surface area contributed by atoms with E-state index in [-0.39, 0.29) is 34.3 Å². The maximum atomic E-state index is 13.5. The minimum Gasteiger partial charge on any atom is -0.496 e. The molecule has 0 unspecified atom stereocenters. The highest BCUT2D eigenvalue weighted by molar-refractivity contribution is 6.36. The smallest absolute Gasteiger partial charge is 0.307 e. The van der Waals surface area contributed by atoms with Crippen LogP contribution in [0.4, 0.5) is 5.69 Å². The number of Topliss-reactive ketones (excluding diaryl/α,β-unsaturated/α-hetero) is 1. The standard InChI is InChI=1S/C24H22ClNO7/c1-12-8-15(26-14-6-4-13(5-7-14)9-19(28)29)10-18(27)24(12)23(30)20-16(31-2)11-17(32-3)21(25)22(20)33-24/h4-7,10-12,26H,8-9H2,1-3H3,(H,28,29)/t12-,24+/m1/s1. The van der Waals surface area contributed by atoms with Crippen LogP contribution in [0.15, 0.2) is 42.1 Å². The highest BCUT2D eigenvalue weighted by Gasteiger charge is 2.60. The van der Waals surface area contributed by atoms with Gasteiger partial charge in [0.15, 0.2) is 5.75 Å². The van der Waals surface area contributed by atoms with Crippen LogP contribution in [0.5, 0.6) is 17.2 Å². The van der Waals surface area contributed by atoms with Crippen molar-refractivity contribution in [1.82, 2.24) is 0 Å². The summed E-state index contributed by atoms with van der Waals surface area (Å²) in [6.07, 6.45) is 1.66. The maximum Gasteiger partial charge on any atom is 0.307 e. The van der Waals surface area contributed by atoms with E-state index in [4.69, 9.17) is 30.9 Å². The van der Waals surface area contributed by atoms with Crippen LogP contribution in [-0.4, -0.2) is 42.5 Å². The molecule has 2 aliphatic rings. The van der Waals surface area contributed by atoms with Crippen molar-refractivity contribution < 1.29 is 33.7 Å². The predicted octanol–water partition coefficient (Wildman–Crippen LogP) is 3.90. The zero-order valence-corrected chi connectivity index (χ0v) is 19.0. The summed E-state index contributed by atoms with van der Waals surface area (Å²) in [5, 5.41) is 12.2. The molecule has 8 nitrogen and oxygen atoms in total. The minimum atomic E-state index is -1.73. The summed E-state index contributed by atoms with van der Waals surface area (Å²) in [7, 11) is 2.85. The van der Waals surface area contributed by atoms with Gasteiger partial charge in [-0.25, -0.2) is 0 Å². The second-order valence-corrected chi connectivity index (χ2v) is 8.38. The maximum absolute atomic E-state index is 13.5. The molecular formula is C24H22ClNO7. The third-order valence-electron chi connectivity index (χ3n) is 5.92. The highest BCUT2D eigenvalue weighted by atomic mass is 35.5. The van der Waals surface area contributed by atoms with Gasteiger partial charge >= 0.3 is 5.97 Å². The van der Waals surface area contributed by atoms with Gasteiger partial charge in [0.1, 0.15) is 22.1 Å². The molecule has 1 aliphatic heterocycles. The Morgan fingerprint density at radius 3 is 2.45 bits per heavy atom. The molecule has 172 valence electrons. The van der Waals surface area contributed by atoms with E-state index < -0.39 is 29.1 Å². The third kappa shape index (κ3) is 3.70. The minimum absolute atomic E-state index is 0.0716. The Labute approximate surface area is 195 Å². The molecule has 0 radical (unpaired) electrons. The number of carboxylic acid groups (broad SMARTS) is 1. The van der Waals surface area contributed by atoms with Crippen molar-refractivity contribution in [3.05, 3.63) is 58.3 Å². The molecule has 33 heavy (non-hydrogen) atoms. The van der Waals surface area contributed by atoms with E-state index in [0.717, 1.165) is 0 Å². The summed E-state index contributed by atoms with van der Waals surface area (Å²) in [5.74, 6) is -1.83. The van der Waals surface area contributed by atoms with Gasteiger partial charge in [0.25, 0.3) is 0 Å². The number of halogens is 1. The Morgan fingerprint density at radius 2 is 1.88 bits per heavy atom. The molecule has 1 spiro atoms. The van der Waals surface area contributed by atoms with Gasteiger partial charge in [0.2, 0.25) is 17.2 Å². The number of hydrogen-bond donors (Lipinski definition) is 2. The van der Waals surface area contributed by atoms with Crippen LogP contribution < -0.4 is 19.5 Å². The van der Waals surface area contributed by atoms with Crippen LogP contribution in [0.3, 0.4) is 0 Å². The molecule has 2 aromatic rings. The van der Waals surface area contributed by atoms with Crippen molar-refractivity contribution in [2.45, 2.75) is 25.4 Å². The van der Waals surface area contributed by atoms with Crippen LogP contribution in [0.1, 0.15) is 29.3 Å². The Balaban J connectivity index is 1.63. The van der Waals surface area contributed by atoms with Gasteiger partial charge in [-0.1, -0.05) is 30.7 Å². The number of hydrogen-bond acceptors (Lipinski definition) is 7. The normalized spacial score (nSPS) is 21.3. The van der Waals surface area contributed by atoms with Crippen molar-refractivity contribution in [2.75, 3.05) is 19.5 Å². The lowest BCUT2D eigenvalue weighted by atomic mass is 9.74. The summed E-state index contributed by atoms with van der Waals surface area (Å²) in [6, 6.07) is 8.38. The predicted molar refractivity (Wildman–Crippen MR) is 121 cm³/mol. The number of ether oxygens (including phenoxy) is 3. The van der Waals surface area contributed by atoms with E-state index in [1.807, 2.05) is 0 Å². The molecule has 0 aromatic heterocycles. The number of carboxylic acids is 1. The van der Waals surface area contributed by atoms with E-state index in [1.165, 1.54) is 26.4 Å². The van der Waals surface area contributed by atoms with E-state index in [2.05, 4.69) is 5.32 Å². The summed E-state index contributed by atoms with van der Waals surface area (Å²) in [6.45, 7) is 1.77. The Bertz CT molecular complexity index is 1190. The molecule has 1 aliphatic carbocycles. The molecule has 9 heteroatoms. The first-order valence-corrected chi connectivity index (χ1v) is 10.6. The second-order valence-electron chi connectivity index (χ2n) is 8.00. The zero-order chi connectivity index (χ0) is 23.9. The number of aliphatic carboxylic acids is 1. The zero-order valence-electron chi connectivity index (χ0n) is 18.2. The average molecular weight is 472 g/mol. The topological polar surface area (TPSA) is 111 Å². The van der Waals surface area contributed by atoms with Crippen LogP contribution in [0.25, 0.3) is 0 Å². The lowest BCUT2D eigenvalue weighted by molar-refractivity contribution is -0.136. The highest BCUT2D eigenvalue weighted by Crippen LogP contribution is 2.53. The molecule has 0 saturated carbocycles. The lowest BCUT2D eigenvalue weighted by Gasteiger charge is -2.35. The molecule has 2 N–H and O–H groups in total. The van der Waals surface area contributed by atoms with Crippen LogP contribution >= 0.6 is 11.6 Å². The summed E-state index contributed by atoms with van der Waals surface area (Å²) in [5.41, 5.74) is 0.373. The number of carbonyl (C=O) groups excluding carboxylic acids is 2. The number of rotatable bonds is 6. The second kappa shape index (κ2) is 8.44. The fourth-order valence-corrected chi connectivity index (χ4v) is 4.55. The Morgan fingerprint density at radius 1 is 1.21 bits per heavy atom. The number of methoxy groups -OCH3 is 2. The van der Waals surface area contributed by atoms with Gasteiger partial charge in [-0.15, -0.1) is 0 Å². The number of ketones is 2. The molecule has 0 fully saturated rings. The summed E-state index contributed by atoms with van der Waals surface area (Å²) < 4.78 is 16.6. The molecule has 0 saturated heterocycles. The van der Waals surface area contributed by atoms with Gasteiger partial charge in [0.05, 0.1) is 20.6 Å². The fourth-order valence-electron chi connectivity index (χ4n) is 4.28. The summed E-state index contributed by atoms with van der Waals surface area (Å²) in [4.78, 5) is 37.6. The van der Waals surface area contributed by atoms with Gasteiger partial charge < -0.3 is 24.6 Å². The fraction of sp³-hybridized carbons (Fsp3) is 0.292. The van der Waals surface area contributed by atoms with Crippen molar-refractivity contribution >= 4 is 34.8 Å². The van der Waals surface area contributed by atoms with Gasteiger partial charge in [-0.2, -0.15) is 0 Å². The molecule has 1 heterocycles. The molecule has 0 bridgehead atoms. The number of carbonyl (C=O) groups is 3. The molecule has 0 amide bonds. The number of benzene rings is 2. The van der Waals surface area contributed by atoms with Crippen LogP contribution in [0, 0.1) is 5.92 Å². The third-order valence-corrected chi connectivity index (χ3v) is 6.28. The van der Waals surface area contributed by atoms with E-state index in [9.17, 15) is 14.4 Å². The van der Waals surface area contributed by atoms with E-state index in [1.54, 1.807) is 31.2 Å². The molecular weight excluding hydrogens is 450 g/mol. The number of nitrogens with one attached hydrogen (secondary N) is 1. The first-order valence-electron chi connectivity index (χ1n) is 10.2.